The van der Waals surface area contributed by atoms with Gasteiger partial charge in [-0.3, -0.25) is 28.8 Å². The summed E-state index contributed by atoms with van der Waals surface area (Å²) in [5.41, 5.74) is 7.89. The molecule has 4 aromatic rings. The van der Waals surface area contributed by atoms with Crippen LogP contribution in [0.4, 0.5) is 9.59 Å². The number of halogens is 1. The molecule has 26 nitrogen and oxygen atoms in total. The number of benzene rings is 2. The molecule has 4 aliphatic carbocycles. The fourth-order valence-electron chi connectivity index (χ4n) is 15.0. The van der Waals surface area contributed by atoms with Crippen molar-refractivity contribution in [3.05, 3.63) is 89.8 Å². The highest BCUT2D eigenvalue weighted by Crippen LogP contribution is 2.48. The Balaban J connectivity index is 0.000000207. The van der Waals surface area contributed by atoms with Gasteiger partial charge in [0.25, 0.3) is 5.78 Å². The van der Waals surface area contributed by atoms with Crippen LogP contribution in [-0.4, -0.2) is 195 Å². The number of para-hydroxylation sites is 2. The summed E-state index contributed by atoms with van der Waals surface area (Å²) in [7, 11) is 2.57. The number of hydrogen-bond acceptors (Lipinski definition) is 20. The summed E-state index contributed by atoms with van der Waals surface area (Å²) in [6.07, 6.45) is 24.4. The van der Waals surface area contributed by atoms with Crippen LogP contribution < -0.4 is 30.7 Å². The van der Waals surface area contributed by atoms with Gasteiger partial charge in [-0.2, -0.15) is 4.79 Å². The molecule has 2 unspecified atom stereocenters. The lowest BCUT2D eigenvalue weighted by atomic mass is 10.0. The number of allylic oxidation sites excluding steroid dienone is 2. The maximum absolute atomic E-state index is 14.5. The maximum Gasteiger partial charge on any atom is 0.408 e. The number of aromatic nitrogens is 2. The molecule has 4 saturated carbocycles. The number of nitrogens with one attached hydrogen (secondary N) is 4. The molecule has 103 heavy (non-hydrogen) atoms. The molecule has 10 atom stereocenters. The Labute approximate surface area is 614 Å². The van der Waals surface area contributed by atoms with E-state index in [9.17, 15) is 47.9 Å². The van der Waals surface area contributed by atoms with Crippen LogP contribution in [0.3, 0.4) is 0 Å². The van der Waals surface area contributed by atoms with Gasteiger partial charge in [-0.05, 0) is 140 Å². The predicted molar refractivity (Wildman–Crippen MR) is 386 cm³/mol. The van der Waals surface area contributed by atoms with Crippen molar-refractivity contribution in [2.24, 2.45) is 11.8 Å². The molecule has 2 aromatic heterocycles. The maximum atomic E-state index is 14.5. The number of amides is 6. The third-order valence-electron chi connectivity index (χ3n) is 20.7. The summed E-state index contributed by atoms with van der Waals surface area (Å²) in [5.74, 6) is -3.65. The van der Waals surface area contributed by atoms with Crippen molar-refractivity contribution in [1.29, 1.82) is 0 Å². The lowest BCUT2D eigenvalue weighted by Gasteiger charge is -2.29. The van der Waals surface area contributed by atoms with Gasteiger partial charge in [-0.15, -0.1) is 23.5 Å². The second kappa shape index (κ2) is 34.5. The van der Waals surface area contributed by atoms with Crippen molar-refractivity contribution in [2.75, 3.05) is 45.2 Å². The predicted octanol–water partition coefficient (Wildman–Crippen LogP) is 9.88. The van der Waals surface area contributed by atoms with Crippen LogP contribution in [0, 0.1) is 11.8 Å². The first-order valence-electron chi connectivity index (χ1n) is 35.6. The smallest absolute Gasteiger partial charge is 0.408 e. The molecule has 6 fully saturated rings. The van der Waals surface area contributed by atoms with E-state index in [0.29, 0.717) is 71.8 Å². The van der Waals surface area contributed by atoms with Crippen LogP contribution in [-0.2, 0) is 47.7 Å². The molecule has 6 heterocycles. The average Bonchev–Trinajstić information content (AvgIpc) is 1.60. The van der Waals surface area contributed by atoms with E-state index in [1.807, 2.05) is 67.1 Å². The van der Waals surface area contributed by atoms with Crippen molar-refractivity contribution < 1.29 is 81.2 Å². The number of fused-ring (bicyclic) bond motifs is 6. The fraction of sp³-hybridized carbons (Fsp3) is 0.554. The van der Waals surface area contributed by atoms with Crippen molar-refractivity contribution in [2.45, 2.75) is 211 Å². The Hall–Kier alpha value is -8.40. The highest BCUT2D eigenvalue weighted by Gasteiger charge is 2.63. The molecule has 12 rings (SSSR count). The molecule has 2 saturated heterocycles. The van der Waals surface area contributed by atoms with Gasteiger partial charge in [-0.1, -0.05) is 78.1 Å². The van der Waals surface area contributed by atoms with E-state index < -0.39 is 101 Å². The van der Waals surface area contributed by atoms with Crippen LogP contribution >= 0.6 is 39.5 Å². The number of pyridine rings is 2. The number of carbonyl (C=O) groups is 10. The van der Waals surface area contributed by atoms with Crippen molar-refractivity contribution in [1.82, 2.24) is 41.0 Å². The molecular weight excluding hydrogens is 1430 g/mol. The second-order valence-electron chi connectivity index (χ2n) is 27.5. The van der Waals surface area contributed by atoms with Gasteiger partial charge in [0.15, 0.2) is 5.78 Å². The van der Waals surface area contributed by atoms with Gasteiger partial charge in [0.2, 0.25) is 23.6 Å². The van der Waals surface area contributed by atoms with Gasteiger partial charge >= 0.3 is 30.3 Å². The Morgan fingerprint density at radius 3 is 1.46 bits per heavy atom. The number of rotatable bonds is 16. The first-order chi connectivity index (χ1) is 49.8. The number of alkyl carbamates (subject to hydrolysis) is 2. The normalized spacial score (nSPS) is 27.4. The molecule has 2 aromatic carbocycles. The van der Waals surface area contributed by atoms with Crippen LogP contribution in [0.5, 0.6) is 11.5 Å². The zero-order valence-corrected chi connectivity index (χ0v) is 61.6. The fourth-order valence-corrected chi connectivity index (χ4v) is 16.4. The Morgan fingerprint density at radius 2 is 1.04 bits per heavy atom. The number of ketones is 2. The summed E-state index contributed by atoms with van der Waals surface area (Å²) >= 11 is 6.18. The highest BCUT2D eigenvalue weighted by molar-refractivity contribution is 9.09. The van der Waals surface area contributed by atoms with E-state index in [0.717, 1.165) is 106 Å². The number of alkyl halides is 1. The molecule has 0 bridgehead atoms. The van der Waals surface area contributed by atoms with Gasteiger partial charge in [0.1, 0.15) is 82.5 Å². The number of hydrogen-bond donors (Lipinski definition) is 4. The quantitative estimate of drug-likeness (QED) is 0.00932. The lowest BCUT2D eigenvalue weighted by Crippen LogP contribution is -2.56. The molecule has 0 radical (unpaired) electrons. The summed E-state index contributed by atoms with van der Waals surface area (Å²) < 4.78 is 34.7. The third-order valence-corrected chi connectivity index (χ3v) is 22.8. The molecule has 4 aliphatic heterocycles. The molecule has 550 valence electrons. The van der Waals surface area contributed by atoms with Crippen LogP contribution in [0.25, 0.3) is 27.3 Å². The van der Waals surface area contributed by atoms with E-state index >= 15 is 0 Å². The van der Waals surface area contributed by atoms with Gasteiger partial charge < -0.3 is 65.0 Å². The minimum Gasteiger partial charge on any atom is -0.488 e. The number of carbonyl (C=O) groups excluding carboxylic acids is 10. The first kappa shape index (κ1) is 75.7. The van der Waals surface area contributed by atoms with Gasteiger partial charge in [-0.25, -0.2) is 29.1 Å². The summed E-state index contributed by atoms with van der Waals surface area (Å²) in [6.45, 7) is 0.0177. The highest BCUT2D eigenvalue weighted by atomic mass is 79.9. The zero-order chi connectivity index (χ0) is 73.0. The first-order valence-corrected chi connectivity index (χ1v) is 39.2. The average molecular weight is 1520 g/mol. The van der Waals surface area contributed by atoms with Crippen molar-refractivity contribution >= 4 is 127 Å². The molecule has 6 amide bonds. The molecule has 0 spiro atoms. The largest absolute Gasteiger partial charge is 0.488 e. The van der Waals surface area contributed by atoms with Crippen LogP contribution in [0.15, 0.2) is 82.6 Å². The van der Waals surface area contributed by atoms with Crippen molar-refractivity contribution in [3.63, 3.8) is 0 Å². The summed E-state index contributed by atoms with van der Waals surface area (Å²) in [4.78, 5) is 152. The molecule has 29 heteroatoms. The Bertz CT molecular complexity index is 4010. The monoisotopic (exact) mass is 1520 g/mol. The van der Waals surface area contributed by atoms with E-state index in [2.05, 4.69) is 52.0 Å². The minimum atomic E-state index is -1.25. The van der Waals surface area contributed by atoms with Crippen LogP contribution in [0.2, 0.25) is 0 Å². The SMILES string of the molecule is COC(=O)[C@@]12CC1/C=C\CCCCC[C@H](NC(=O)OC1CCCC1)C(=O)N1C[C@H](Oc3cc(C(=O)C=[N+]=[N-])nc4c(SC)cccc34)C[C@H]1C(=O)N2.COC(=O)[C@@]12CC1/C=C\CCCCC[C@H](NC(=O)OC1CCCC1)C(=O)N1C[C@H](Oc3cc(C(=O)CBr)nc4c(SC)cccc34)C[C@H]1C(=O)N2. The molecule has 4 N–H and O–H groups in total. The number of Topliss-reactive ketones (excluding diaryl/α,β-unsaturated/α-hetero) is 2. The number of nitrogens with zero attached hydrogens (tertiary/aromatic N) is 6. The van der Waals surface area contributed by atoms with E-state index in [1.54, 1.807) is 12.1 Å². The number of thioether (sulfide) groups is 2. The van der Waals surface area contributed by atoms with Crippen molar-refractivity contribution in [3.8, 4) is 11.5 Å². The molecular formula is C74H89BrN10O16S2. The number of ether oxygens (including phenoxy) is 6. The topological polar surface area (TPSA) is 343 Å². The Kier molecular flexibility index (Phi) is 25.3. The number of esters is 2. The molecule has 8 aliphatic rings. The van der Waals surface area contributed by atoms with Gasteiger partial charge in [0, 0.05) is 57.4 Å². The second-order valence-corrected chi connectivity index (χ2v) is 29.8. The van der Waals surface area contributed by atoms with Crippen LogP contribution in [0.1, 0.15) is 162 Å². The van der Waals surface area contributed by atoms with E-state index in [-0.39, 0.29) is 72.5 Å². The minimum absolute atomic E-state index is 0.0126. The standard InChI is InChI=1S/C37H45BrN4O8S.C37H44N6O8S/c1-48-35(46)37-19-22(37)11-6-4-3-5-7-15-26(40-36(47)50-23-12-8-9-13-23)34(45)42-21-24(17-28(42)33(44)41-37)49-30-18-27(29(43)20-38)39-32-25(30)14-10-16-31(32)51-2;1-49-35(47)37-19-22(37)11-6-4-3-5-7-15-26(41-36(48)51-23-12-8-9-13-23)34(46)43-21-24(17-28(43)33(45)42-37)50-30-18-27(29(44)20-39-38)40-32-25(30)14-10-16-31(32)52-2/h6,10-11,14,16,18,22-24,26,28H,3-5,7-9,12-13,15,17,19-21H2,1-2H3,(H,40,47)(H,41,44);6,10-11,14,16,18,20,22-24,26,28H,3-5,7-9,12-13,15,17,19,21H2,1-2H3,(H,41,48)(H,42,45)/b2*11-6-/t2*22?,24-,26+,28+,37-/m11/s1. The zero-order valence-electron chi connectivity index (χ0n) is 58.4. The Morgan fingerprint density at radius 1 is 0.612 bits per heavy atom. The lowest BCUT2D eigenvalue weighted by molar-refractivity contribution is -0.148. The summed E-state index contributed by atoms with van der Waals surface area (Å²) in [5, 5.41) is 12.9. The summed E-state index contributed by atoms with van der Waals surface area (Å²) in [6, 6.07) is 10.3. The number of methoxy groups -OCH3 is 2. The van der Waals surface area contributed by atoms with E-state index in [1.165, 1.54) is 53.6 Å². The van der Waals surface area contributed by atoms with Gasteiger partial charge in [0.05, 0.1) is 43.7 Å². The van der Waals surface area contributed by atoms with E-state index in [4.69, 9.17) is 34.0 Å². The third kappa shape index (κ3) is 17.7.